The molecule has 3 N–H and O–H groups in total. The lowest BCUT2D eigenvalue weighted by molar-refractivity contribution is -0.138. The molecule has 3 rings (SSSR count). The van der Waals surface area contributed by atoms with Gasteiger partial charge in [-0.1, -0.05) is 31.5 Å². The summed E-state index contributed by atoms with van der Waals surface area (Å²) in [4.78, 5) is 27.0. The highest BCUT2D eigenvalue weighted by molar-refractivity contribution is 6.33. The Kier molecular flexibility index (Phi) is 10.2. The Balaban J connectivity index is 1.60. The monoisotopic (exact) mass is 563 g/mol. The van der Waals surface area contributed by atoms with Crippen LogP contribution in [0.4, 0.5) is 18.9 Å². The summed E-state index contributed by atoms with van der Waals surface area (Å²) in [6.07, 6.45) is -2.34. The number of ether oxygens (including phenoxy) is 1. The number of halogens is 4. The van der Waals surface area contributed by atoms with Crippen molar-refractivity contribution < 1.29 is 32.6 Å². The Morgan fingerprint density at radius 1 is 1.08 bits per heavy atom. The molecule has 11 heteroatoms. The molecule has 2 aromatic carbocycles. The van der Waals surface area contributed by atoms with Crippen molar-refractivity contribution in [2.45, 2.75) is 38.9 Å². The van der Waals surface area contributed by atoms with Crippen molar-refractivity contribution in [1.82, 2.24) is 10.3 Å². The van der Waals surface area contributed by atoms with Gasteiger partial charge in [-0.15, -0.1) is 0 Å². The summed E-state index contributed by atoms with van der Waals surface area (Å²) < 4.78 is 44.6. The van der Waals surface area contributed by atoms with Crippen LogP contribution in [0.25, 0.3) is 11.1 Å². The average Bonchev–Trinajstić information content (AvgIpc) is 2.87. The number of anilines is 1. The first kappa shape index (κ1) is 29.8. The van der Waals surface area contributed by atoms with Gasteiger partial charge in [0.1, 0.15) is 6.61 Å². The van der Waals surface area contributed by atoms with Crippen LogP contribution in [0.2, 0.25) is 5.02 Å². The van der Waals surface area contributed by atoms with Crippen LogP contribution in [0.15, 0.2) is 60.8 Å². The highest BCUT2D eigenvalue weighted by Crippen LogP contribution is 2.35. The van der Waals surface area contributed by atoms with Gasteiger partial charge in [0.25, 0.3) is 5.91 Å². The van der Waals surface area contributed by atoms with Gasteiger partial charge < -0.3 is 20.5 Å². The van der Waals surface area contributed by atoms with Gasteiger partial charge in [-0.25, -0.2) is 4.98 Å². The number of carbonyl (C=O) groups excluding carboxylic acids is 1. The SMILES string of the molecule is CC(C)C[C@@H](COc1ccc(-c2ccc(C(F)(F)F)cc2Cl)cn1)Nc1ccc(C(=O)NCCC(=O)O)cc1. The van der Waals surface area contributed by atoms with E-state index >= 15 is 0 Å². The smallest absolute Gasteiger partial charge is 0.416 e. The number of benzene rings is 2. The maximum atomic E-state index is 12.9. The summed E-state index contributed by atoms with van der Waals surface area (Å²) >= 11 is 6.09. The summed E-state index contributed by atoms with van der Waals surface area (Å²) in [6.45, 7) is 4.51. The Bertz CT molecular complexity index is 1270. The van der Waals surface area contributed by atoms with E-state index in [1.165, 1.54) is 12.3 Å². The number of hydrogen-bond acceptors (Lipinski definition) is 5. The molecule has 208 valence electrons. The molecule has 1 atom stereocenters. The molecule has 3 aromatic rings. The van der Waals surface area contributed by atoms with E-state index in [1.54, 1.807) is 36.4 Å². The number of aliphatic carboxylic acids is 1. The van der Waals surface area contributed by atoms with E-state index in [0.29, 0.717) is 35.1 Å². The molecule has 0 aliphatic heterocycles. The maximum Gasteiger partial charge on any atom is 0.416 e. The fraction of sp³-hybridized carbons (Fsp3) is 0.321. The van der Waals surface area contributed by atoms with Crippen LogP contribution in [0.3, 0.4) is 0 Å². The third-order valence-electron chi connectivity index (χ3n) is 5.67. The molecular weight excluding hydrogens is 535 g/mol. The number of pyridine rings is 1. The molecule has 0 radical (unpaired) electrons. The standard InChI is InChI=1S/C28H29ClF3N3O4/c1-17(2)13-22(35-21-7-3-18(4-8-21)27(38)33-12-11-26(36)37)16-39-25-10-5-19(15-34-25)23-9-6-20(14-24(23)29)28(30,31)32/h3-10,14-15,17,22,35H,11-13,16H2,1-2H3,(H,33,38)(H,36,37)/t22-/m0/s1. The Morgan fingerprint density at radius 2 is 1.79 bits per heavy atom. The van der Waals surface area contributed by atoms with Crippen LogP contribution in [-0.2, 0) is 11.0 Å². The van der Waals surface area contributed by atoms with E-state index in [1.807, 2.05) is 0 Å². The van der Waals surface area contributed by atoms with Crippen LogP contribution < -0.4 is 15.4 Å². The quantitative estimate of drug-likeness (QED) is 0.232. The van der Waals surface area contributed by atoms with Crippen LogP contribution in [-0.4, -0.2) is 41.2 Å². The second-order valence-corrected chi connectivity index (χ2v) is 9.74. The number of nitrogens with zero attached hydrogens (tertiary/aromatic N) is 1. The molecule has 0 spiro atoms. The maximum absolute atomic E-state index is 12.9. The lowest BCUT2D eigenvalue weighted by atomic mass is 10.0. The van der Waals surface area contributed by atoms with Crippen molar-refractivity contribution in [3.8, 4) is 17.0 Å². The van der Waals surface area contributed by atoms with Crippen molar-refractivity contribution >= 4 is 29.2 Å². The van der Waals surface area contributed by atoms with Gasteiger partial charge in [0.05, 0.1) is 18.0 Å². The largest absolute Gasteiger partial charge is 0.481 e. The predicted molar refractivity (Wildman–Crippen MR) is 143 cm³/mol. The minimum absolute atomic E-state index is 0.0229. The summed E-state index contributed by atoms with van der Waals surface area (Å²) in [6, 6.07) is 13.3. The fourth-order valence-corrected chi connectivity index (χ4v) is 4.10. The molecule has 0 fully saturated rings. The van der Waals surface area contributed by atoms with Crippen LogP contribution in [0.5, 0.6) is 5.88 Å². The van der Waals surface area contributed by atoms with Gasteiger partial charge in [0.15, 0.2) is 0 Å². The number of nitrogens with one attached hydrogen (secondary N) is 2. The van der Waals surface area contributed by atoms with Crippen LogP contribution >= 0.6 is 11.6 Å². The summed E-state index contributed by atoms with van der Waals surface area (Å²) in [5.41, 5.74) is 1.38. The van der Waals surface area contributed by atoms with Crippen LogP contribution in [0.1, 0.15) is 42.6 Å². The Morgan fingerprint density at radius 3 is 2.36 bits per heavy atom. The molecule has 0 bridgehead atoms. The highest BCUT2D eigenvalue weighted by atomic mass is 35.5. The highest BCUT2D eigenvalue weighted by Gasteiger charge is 2.31. The van der Waals surface area contributed by atoms with E-state index in [0.717, 1.165) is 24.2 Å². The molecule has 0 unspecified atom stereocenters. The Hall–Kier alpha value is -3.79. The number of rotatable bonds is 12. The van der Waals surface area contributed by atoms with Gasteiger partial charge in [-0.05, 0) is 54.8 Å². The van der Waals surface area contributed by atoms with Gasteiger partial charge in [-0.3, -0.25) is 9.59 Å². The van der Waals surface area contributed by atoms with Gasteiger partial charge in [-0.2, -0.15) is 13.2 Å². The fourth-order valence-electron chi connectivity index (χ4n) is 3.81. The summed E-state index contributed by atoms with van der Waals surface area (Å²) in [5, 5.41) is 14.6. The number of alkyl halides is 3. The van der Waals surface area contributed by atoms with Crippen molar-refractivity contribution in [3.05, 3.63) is 76.9 Å². The van der Waals surface area contributed by atoms with E-state index in [2.05, 4.69) is 29.5 Å². The van der Waals surface area contributed by atoms with Crippen molar-refractivity contribution in [1.29, 1.82) is 0 Å². The lowest BCUT2D eigenvalue weighted by Gasteiger charge is -2.22. The number of carboxylic acids is 1. The molecule has 1 aromatic heterocycles. The second-order valence-electron chi connectivity index (χ2n) is 9.34. The van der Waals surface area contributed by atoms with Crippen molar-refractivity contribution in [3.63, 3.8) is 0 Å². The first-order valence-electron chi connectivity index (χ1n) is 12.2. The van der Waals surface area contributed by atoms with E-state index in [-0.39, 0.29) is 29.9 Å². The molecule has 1 amide bonds. The lowest BCUT2D eigenvalue weighted by Crippen LogP contribution is -2.29. The van der Waals surface area contributed by atoms with Gasteiger partial charge >= 0.3 is 12.1 Å². The predicted octanol–water partition coefficient (Wildman–Crippen LogP) is 6.53. The normalized spacial score (nSPS) is 12.2. The number of aromatic nitrogens is 1. The average molecular weight is 564 g/mol. The Labute approximate surface area is 229 Å². The first-order valence-corrected chi connectivity index (χ1v) is 12.6. The minimum atomic E-state index is -4.47. The number of carboxylic acid groups (broad SMARTS) is 1. The summed E-state index contributed by atoms with van der Waals surface area (Å²) in [7, 11) is 0. The van der Waals surface area contributed by atoms with Gasteiger partial charge in [0.2, 0.25) is 5.88 Å². The third-order valence-corrected chi connectivity index (χ3v) is 5.99. The van der Waals surface area contributed by atoms with E-state index < -0.39 is 17.7 Å². The molecule has 0 aliphatic carbocycles. The topological polar surface area (TPSA) is 101 Å². The zero-order valence-corrected chi connectivity index (χ0v) is 22.1. The molecule has 39 heavy (non-hydrogen) atoms. The van der Waals surface area contributed by atoms with Gasteiger partial charge in [0, 0.05) is 46.2 Å². The summed E-state index contributed by atoms with van der Waals surface area (Å²) in [5.74, 6) is -0.617. The molecular formula is C28H29ClF3N3O4. The molecule has 7 nitrogen and oxygen atoms in total. The number of hydrogen-bond donors (Lipinski definition) is 3. The third kappa shape index (κ3) is 9.17. The molecule has 0 saturated heterocycles. The zero-order chi connectivity index (χ0) is 28.6. The van der Waals surface area contributed by atoms with E-state index in [4.69, 9.17) is 21.4 Å². The minimum Gasteiger partial charge on any atom is -0.481 e. The van der Waals surface area contributed by atoms with E-state index in [9.17, 15) is 22.8 Å². The molecule has 1 heterocycles. The van der Waals surface area contributed by atoms with Crippen LogP contribution in [0, 0.1) is 5.92 Å². The van der Waals surface area contributed by atoms with Crippen molar-refractivity contribution in [2.75, 3.05) is 18.5 Å². The first-order chi connectivity index (χ1) is 18.4. The number of amides is 1. The molecule has 0 aliphatic rings. The zero-order valence-electron chi connectivity index (χ0n) is 21.4. The van der Waals surface area contributed by atoms with Crippen molar-refractivity contribution in [2.24, 2.45) is 5.92 Å². The number of carbonyl (C=O) groups is 2. The second kappa shape index (κ2) is 13.3. The molecule has 0 saturated carbocycles.